The van der Waals surface area contributed by atoms with Crippen LogP contribution in [0.1, 0.15) is 252 Å². The number of rotatable bonds is 51. The normalized spacial score (nSPS) is 13.0. The fourth-order valence-electron chi connectivity index (χ4n) is 7.60. The zero-order valence-electron chi connectivity index (χ0n) is 45.9. The van der Waals surface area contributed by atoms with E-state index in [4.69, 9.17) is 14.2 Å². The third-order valence-corrected chi connectivity index (χ3v) is 12.0. The highest BCUT2D eigenvalue weighted by atomic mass is 16.6. The van der Waals surface area contributed by atoms with Crippen LogP contribution in [0.25, 0.3) is 0 Å². The Morgan fingerprint density at radius 1 is 0.296 bits per heavy atom. The van der Waals surface area contributed by atoms with Crippen LogP contribution in [-0.4, -0.2) is 37.2 Å². The molecule has 0 heterocycles. The van der Waals surface area contributed by atoms with Crippen LogP contribution >= 0.6 is 0 Å². The molecule has 1 atom stereocenters. The van der Waals surface area contributed by atoms with E-state index >= 15 is 0 Å². The van der Waals surface area contributed by atoms with Gasteiger partial charge in [-0.3, -0.25) is 14.4 Å². The molecule has 0 aromatic carbocycles. The monoisotopic (exact) mass is 983 g/mol. The van der Waals surface area contributed by atoms with Gasteiger partial charge in [0.25, 0.3) is 0 Å². The molecule has 0 radical (unpaired) electrons. The minimum Gasteiger partial charge on any atom is -0.462 e. The van der Waals surface area contributed by atoms with Crippen molar-refractivity contribution in [2.24, 2.45) is 0 Å². The first kappa shape index (κ1) is 66.8. The Kier molecular flexibility index (Phi) is 54.9. The van der Waals surface area contributed by atoms with Crippen molar-refractivity contribution in [3.8, 4) is 0 Å². The summed E-state index contributed by atoms with van der Waals surface area (Å²) in [6, 6.07) is 0. The quantitative estimate of drug-likeness (QED) is 0.0261. The minimum atomic E-state index is -0.793. The maximum Gasteiger partial charge on any atom is 0.306 e. The number of esters is 3. The van der Waals surface area contributed by atoms with Gasteiger partial charge in [-0.15, -0.1) is 0 Å². The van der Waals surface area contributed by atoms with Crippen molar-refractivity contribution in [2.75, 3.05) is 13.2 Å². The third kappa shape index (κ3) is 56.6. The topological polar surface area (TPSA) is 78.9 Å². The Morgan fingerprint density at radius 3 is 0.887 bits per heavy atom. The van der Waals surface area contributed by atoms with Gasteiger partial charge in [0.2, 0.25) is 0 Å². The van der Waals surface area contributed by atoms with Crippen LogP contribution in [0.5, 0.6) is 0 Å². The number of carbonyl (C=O) groups excluding carboxylic acids is 3. The maximum atomic E-state index is 12.8. The van der Waals surface area contributed by atoms with Gasteiger partial charge < -0.3 is 14.2 Å². The van der Waals surface area contributed by atoms with Crippen molar-refractivity contribution >= 4 is 17.9 Å². The van der Waals surface area contributed by atoms with Crippen molar-refractivity contribution in [1.82, 2.24) is 0 Å². The lowest BCUT2D eigenvalue weighted by molar-refractivity contribution is -0.167. The van der Waals surface area contributed by atoms with Crippen molar-refractivity contribution in [3.63, 3.8) is 0 Å². The van der Waals surface area contributed by atoms with Crippen molar-refractivity contribution in [1.29, 1.82) is 0 Å². The van der Waals surface area contributed by atoms with Crippen molar-refractivity contribution < 1.29 is 28.6 Å². The van der Waals surface area contributed by atoms with Gasteiger partial charge in [-0.2, -0.15) is 0 Å². The predicted molar refractivity (Wildman–Crippen MR) is 306 cm³/mol. The Labute approximate surface area is 437 Å². The molecule has 402 valence electrons. The van der Waals surface area contributed by atoms with Gasteiger partial charge in [-0.05, 0) is 116 Å². The number of unbranched alkanes of at least 4 members (excludes halogenated alkanes) is 20. The summed E-state index contributed by atoms with van der Waals surface area (Å²) in [5, 5.41) is 0. The van der Waals surface area contributed by atoms with E-state index in [1.165, 1.54) is 77.0 Å². The SMILES string of the molecule is CC/C=C\C/C=C\C/C=C\C/C=C\C/C=C\C/C=C\C/C=C\C/C=C\C/C=C\CCCCCC(=O)OCC(COC(=O)CCCCCCC)OC(=O)CCCCCCCCC/C=C\CCCCCCCC. The first-order chi connectivity index (χ1) is 35.0. The fraction of sp³-hybridized carbons (Fsp3) is 0.646. The molecule has 0 rings (SSSR count). The molecule has 0 spiro atoms. The van der Waals surface area contributed by atoms with E-state index in [-0.39, 0.29) is 31.1 Å². The molecule has 0 aliphatic rings. The molecule has 6 heteroatoms. The van der Waals surface area contributed by atoms with Crippen LogP contribution in [0, 0.1) is 0 Å². The molecule has 1 unspecified atom stereocenters. The molecule has 6 nitrogen and oxygen atoms in total. The summed E-state index contributed by atoms with van der Waals surface area (Å²) < 4.78 is 16.7. The standard InChI is InChI=1S/C65H106O6/c1-4-7-10-13-15-17-19-21-23-25-26-27-28-29-30-31-32-33-34-35-36-37-38-40-41-43-45-47-49-52-55-58-64(67)70-61-62(60-69-63(66)57-54-51-12-9-6-3)71-65(68)59-56-53-50-48-46-44-42-39-24-22-20-18-16-14-11-8-5-2/h7,10,15,17,21-24,26-27,29-30,32-33,35-36,38,40,43,45,62H,4-6,8-9,11-14,16,18-20,25,28,31,34,37,39,41-42,44,46-61H2,1-3H3/b10-7-,17-15-,23-21-,24-22-,27-26-,30-29-,33-32-,36-35-,40-38-,45-43-. The molecular formula is C65H106O6. The van der Waals surface area contributed by atoms with E-state index in [0.29, 0.717) is 19.3 Å². The van der Waals surface area contributed by atoms with Crippen LogP contribution in [0.3, 0.4) is 0 Å². The Hall–Kier alpha value is -4.19. The molecule has 0 aliphatic heterocycles. The second-order valence-corrected chi connectivity index (χ2v) is 18.8. The first-order valence-electron chi connectivity index (χ1n) is 29.0. The highest BCUT2D eigenvalue weighted by molar-refractivity contribution is 5.71. The summed E-state index contributed by atoms with van der Waals surface area (Å²) in [5.41, 5.74) is 0. The number of ether oxygens (including phenoxy) is 3. The van der Waals surface area contributed by atoms with Crippen LogP contribution < -0.4 is 0 Å². The van der Waals surface area contributed by atoms with Crippen LogP contribution in [0.15, 0.2) is 122 Å². The fourth-order valence-corrected chi connectivity index (χ4v) is 7.60. The highest BCUT2D eigenvalue weighted by Gasteiger charge is 2.19. The van der Waals surface area contributed by atoms with E-state index in [9.17, 15) is 14.4 Å². The van der Waals surface area contributed by atoms with Gasteiger partial charge in [0.1, 0.15) is 13.2 Å². The lowest BCUT2D eigenvalue weighted by atomic mass is 10.1. The van der Waals surface area contributed by atoms with E-state index in [1.807, 2.05) is 0 Å². The lowest BCUT2D eigenvalue weighted by Crippen LogP contribution is -2.30. The number of hydrogen-bond donors (Lipinski definition) is 0. The van der Waals surface area contributed by atoms with Crippen molar-refractivity contribution in [2.45, 2.75) is 258 Å². The highest BCUT2D eigenvalue weighted by Crippen LogP contribution is 2.14. The van der Waals surface area contributed by atoms with Gasteiger partial charge in [-0.25, -0.2) is 0 Å². The predicted octanol–water partition coefficient (Wildman–Crippen LogP) is 19.6. The molecule has 0 saturated carbocycles. The van der Waals surface area contributed by atoms with E-state index < -0.39 is 6.10 Å². The second-order valence-electron chi connectivity index (χ2n) is 18.8. The zero-order chi connectivity index (χ0) is 51.4. The molecule has 0 amide bonds. The molecule has 0 aliphatic carbocycles. The number of allylic oxidation sites excluding steroid dienone is 20. The van der Waals surface area contributed by atoms with Crippen LogP contribution in [0.4, 0.5) is 0 Å². The lowest BCUT2D eigenvalue weighted by Gasteiger charge is -2.18. The number of hydrogen-bond acceptors (Lipinski definition) is 6. The molecule has 0 bridgehead atoms. The molecule has 0 aromatic heterocycles. The molecule has 71 heavy (non-hydrogen) atoms. The Morgan fingerprint density at radius 2 is 0.549 bits per heavy atom. The third-order valence-electron chi connectivity index (χ3n) is 12.0. The minimum absolute atomic E-state index is 0.0929. The Balaban J connectivity index is 4.19. The average molecular weight is 984 g/mol. The molecular weight excluding hydrogens is 877 g/mol. The summed E-state index contributed by atoms with van der Waals surface area (Å²) in [7, 11) is 0. The van der Waals surface area contributed by atoms with Crippen LogP contribution in [0.2, 0.25) is 0 Å². The molecule has 0 fully saturated rings. The Bertz CT molecular complexity index is 1500. The van der Waals surface area contributed by atoms with E-state index in [2.05, 4.69) is 142 Å². The number of carbonyl (C=O) groups is 3. The van der Waals surface area contributed by atoms with E-state index in [1.54, 1.807) is 0 Å². The smallest absolute Gasteiger partial charge is 0.306 e. The van der Waals surface area contributed by atoms with Gasteiger partial charge in [0.15, 0.2) is 6.10 Å². The van der Waals surface area contributed by atoms with Gasteiger partial charge in [-0.1, -0.05) is 239 Å². The first-order valence-corrected chi connectivity index (χ1v) is 29.0. The summed E-state index contributed by atoms with van der Waals surface area (Å²) >= 11 is 0. The maximum absolute atomic E-state index is 12.8. The molecule has 0 N–H and O–H groups in total. The molecule has 0 aromatic rings. The summed E-state index contributed by atoms with van der Waals surface area (Å²) in [6.45, 7) is 6.40. The van der Waals surface area contributed by atoms with Gasteiger partial charge in [0.05, 0.1) is 0 Å². The second kappa shape index (κ2) is 58.4. The van der Waals surface area contributed by atoms with Crippen LogP contribution in [-0.2, 0) is 28.6 Å². The summed E-state index contributed by atoms with van der Waals surface area (Å²) in [5.74, 6) is -0.948. The molecule has 0 saturated heterocycles. The summed E-state index contributed by atoms with van der Waals surface area (Å²) in [4.78, 5) is 37.8. The average Bonchev–Trinajstić information content (AvgIpc) is 3.37. The van der Waals surface area contributed by atoms with Gasteiger partial charge >= 0.3 is 17.9 Å². The van der Waals surface area contributed by atoms with Crippen molar-refractivity contribution in [3.05, 3.63) is 122 Å². The summed E-state index contributed by atoms with van der Waals surface area (Å²) in [6.07, 6.45) is 80.9. The van der Waals surface area contributed by atoms with Gasteiger partial charge in [0, 0.05) is 19.3 Å². The largest absolute Gasteiger partial charge is 0.462 e. The zero-order valence-corrected chi connectivity index (χ0v) is 45.9. The van der Waals surface area contributed by atoms with E-state index in [0.717, 1.165) is 135 Å².